The van der Waals surface area contributed by atoms with Crippen LogP contribution in [0.3, 0.4) is 0 Å². The number of benzene rings is 1. The van der Waals surface area contributed by atoms with Gasteiger partial charge in [0.1, 0.15) is 5.75 Å². The molecule has 0 aliphatic rings. The monoisotopic (exact) mass is 302 g/mol. The number of carbonyl (C=O) groups is 2. The van der Waals surface area contributed by atoms with Crippen LogP contribution in [0.1, 0.15) is 39.9 Å². The van der Waals surface area contributed by atoms with E-state index in [9.17, 15) is 9.59 Å². The standard InChI is InChI=1S/C17H18O3S/c1-3-13-6-4-5-7-15(13)20-17(19)11-9-14(18)16-10-8-12(2)21-16/h4-8,10H,3,9,11H2,1-2H3. The van der Waals surface area contributed by atoms with Gasteiger partial charge in [0, 0.05) is 11.3 Å². The Labute approximate surface area is 128 Å². The first kappa shape index (κ1) is 15.4. The summed E-state index contributed by atoms with van der Waals surface area (Å²) in [6.07, 6.45) is 1.10. The maximum absolute atomic E-state index is 11.9. The van der Waals surface area contributed by atoms with Gasteiger partial charge >= 0.3 is 5.97 Å². The molecule has 3 nitrogen and oxygen atoms in total. The summed E-state index contributed by atoms with van der Waals surface area (Å²) in [5, 5.41) is 0. The molecular weight excluding hydrogens is 284 g/mol. The number of thiophene rings is 1. The molecule has 0 amide bonds. The van der Waals surface area contributed by atoms with E-state index in [0.717, 1.165) is 16.9 Å². The number of aryl methyl sites for hydroxylation is 2. The van der Waals surface area contributed by atoms with Crippen LogP contribution in [0.2, 0.25) is 0 Å². The normalized spacial score (nSPS) is 10.4. The minimum absolute atomic E-state index is 0.00572. The molecular formula is C17H18O3S. The molecule has 1 aromatic heterocycles. The third-order valence-corrected chi connectivity index (χ3v) is 4.19. The van der Waals surface area contributed by atoms with Gasteiger partial charge in [-0.15, -0.1) is 11.3 Å². The highest BCUT2D eigenvalue weighted by molar-refractivity contribution is 7.14. The van der Waals surface area contributed by atoms with Crippen LogP contribution in [0.15, 0.2) is 36.4 Å². The first-order valence-electron chi connectivity index (χ1n) is 6.98. The Morgan fingerprint density at radius 2 is 1.86 bits per heavy atom. The smallest absolute Gasteiger partial charge is 0.311 e. The maximum Gasteiger partial charge on any atom is 0.311 e. The van der Waals surface area contributed by atoms with Crippen LogP contribution in [-0.2, 0) is 11.2 Å². The molecule has 0 saturated carbocycles. The molecule has 1 aromatic carbocycles. The van der Waals surface area contributed by atoms with Crippen molar-refractivity contribution in [1.82, 2.24) is 0 Å². The Hall–Kier alpha value is -1.94. The van der Waals surface area contributed by atoms with Gasteiger partial charge in [-0.05, 0) is 37.1 Å². The number of Topliss-reactive ketones (excluding diaryl/α,β-unsaturated/α-hetero) is 1. The van der Waals surface area contributed by atoms with E-state index in [2.05, 4.69) is 0 Å². The number of hydrogen-bond acceptors (Lipinski definition) is 4. The molecule has 0 saturated heterocycles. The number of hydrogen-bond donors (Lipinski definition) is 0. The molecule has 0 N–H and O–H groups in total. The lowest BCUT2D eigenvalue weighted by molar-refractivity contribution is -0.134. The first-order chi connectivity index (χ1) is 10.1. The number of esters is 1. The summed E-state index contributed by atoms with van der Waals surface area (Å²) in [7, 11) is 0. The molecule has 0 atom stereocenters. The molecule has 0 spiro atoms. The Balaban J connectivity index is 1.89. The summed E-state index contributed by atoms with van der Waals surface area (Å²) in [6, 6.07) is 11.2. The van der Waals surface area contributed by atoms with E-state index in [4.69, 9.17) is 4.74 Å². The summed E-state index contributed by atoms with van der Waals surface area (Å²) in [4.78, 5) is 25.6. The lowest BCUT2D eigenvalue weighted by atomic mass is 10.1. The van der Waals surface area contributed by atoms with E-state index < -0.39 is 0 Å². The molecule has 0 aliphatic heterocycles. The van der Waals surface area contributed by atoms with E-state index in [1.54, 1.807) is 12.1 Å². The van der Waals surface area contributed by atoms with Gasteiger partial charge < -0.3 is 4.74 Å². The fourth-order valence-corrected chi connectivity index (χ4v) is 2.83. The number of para-hydroxylation sites is 1. The van der Waals surface area contributed by atoms with Crippen LogP contribution >= 0.6 is 11.3 Å². The highest BCUT2D eigenvalue weighted by atomic mass is 32.1. The Morgan fingerprint density at radius 3 is 2.52 bits per heavy atom. The van der Waals surface area contributed by atoms with Gasteiger partial charge in [-0.2, -0.15) is 0 Å². The first-order valence-corrected chi connectivity index (χ1v) is 7.80. The number of ketones is 1. The summed E-state index contributed by atoms with van der Waals surface area (Å²) >= 11 is 1.46. The van der Waals surface area contributed by atoms with Crippen LogP contribution in [-0.4, -0.2) is 11.8 Å². The highest BCUT2D eigenvalue weighted by Crippen LogP contribution is 2.20. The van der Waals surface area contributed by atoms with Gasteiger partial charge in [0.15, 0.2) is 5.78 Å². The van der Waals surface area contributed by atoms with Gasteiger partial charge in [0.2, 0.25) is 0 Å². The molecule has 0 aliphatic carbocycles. The predicted octanol–water partition coefficient (Wildman–Crippen LogP) is 4.19. The average Bonchev–Trinajstić information content (AvgIpc) is 2.92. The van der Waals surface area contributed by atoms with Crippen LogP contribution in [0, 0.1) is 6.92 Å². The topological polar surface area (TPSA) is 43.4 Å². The Kier molecular flexibility index (Phi) is 5.28. The second-order valence-electron chi connectivity index (χ2n) is 4.77. The lowest BCUT2D eigenvalue weighted by Gasteiger charge is -2.08. The van der Waals surface area contributed by atoms with Crippen LogP contribution in [0.5, 0.6) is 5.75 Å². The van der Waals surface area contributed by atoms with Crippen molar-refractivity contribution < 1.29 is 14.3 Å². The molecule has 21 heavy (non-hydrogen) atoms. The summed E-state index contributed by atoms with van der Waals surface area (Å²) in [6.45, 7) is 3.96. The fraction of sp³-hybridized carbons (Fsp3) is 0.294. The average molecular weight is 302 g/mol. The number of ether oxygens (including phenoxy) is 1. The van der Waals surface area contributed by atoms with Gasteiger partial charge in [0.25, 0.3) is 0 Å². The summed E-state index contributed by atoms with van der Waals surface area (Å²) in [5.41, 5.74) is 0.992. The van der Waals surface area contributed by atoms with Gasteiger partial charge in [-0.25, -0.2) is 0 Å². The van der Waals surface area contributed by atoms with Crippen LogP contribution in [0.25, 0.3) is 0 Å². The molecule has 0 fully saturated rings. The maximum atomic E-state index is 11.9. The molecule has 0 bridgehead atoms. The van der Waals surface area contributed by atoms with Gasteiger partial charge in [0.05, 0.1) is 11.3 Å². The zero-order valence-electron chi connectivity index (χ0n) is 12.2. The molecule has 1 heterocycles. The van der Waals surface area contributed by atoms with Crippen molar-refractivity contribution in [3.63, 3.8) is 0 Å². The van der Waals surface area contributed by atoms with Crippen LogP contribution in [0.4, 0.5) is 0 Å². The summed E-state index contributed by atoms with van der Waals surface area (Å²) < 4.78 is 5.34. The highest BCUT2D eigenvalue weighted by Gasteiger charge is 2.13. The molecule has 2 rings (SSSR count). The zero-order valence-corrected chi connectivity index (χ0v) is 13.0. The van der Waals surface area contributed by atoms with E-state index in [1.807, 2.05) is 38.1 Å². The molecule has 110 valence electrons. The minimum Gasteiger partial charge on any atom is -0.426 e. The number of carbonyl (C=O) groups excluding carboxylic acids is 2. The van der Waals surface area contributed by atoms with Crippen LogP contribution < -0.4 is 4.74 Å². The Morgan fingerprint density at radius 1 is 1.10 bits per heavy atom. The second-order valence-corrected chi connectivity index (χ2v) is 6.06. The van der Waals surface area contributed by atoms with E-state index in [0.29, 0.717) is 10.6 Å². The largest absolute Gasteiger partial charge is 0.426 e. The van der Waals surface area contributed by atoms with Crippen molar-refractivity contribution in [3.8, 4) is 5.75 Å². The Bertz CT molecular complexity index is 643. The third kappa shape index (κ3) is 4.26. The van der Waals surface area contributed by atoms with Crippen molar-refractivity contribution in [3.05, 3.63) is 51.7 Å². The van der Waals surface area contributed by atoms with Crippen molar-refractivity contribution in [1.29, 1.82) is 0 Å². The zero-order chi connectivity index (χ0) is 15.2. The van der Waals surface area contributed by atoms with E-state index in [1.165, 1.54) is 11.3 Å². The third-order valence-electron chi connectivity index (χ3n) is 3.15. The molecule has 4 heteroatoms. The fourth-order valence-electron chi connectivity index (χ4n) is 1.99. The second kappa shape index (κ2) is 7.18. The molecule has 0 unspecified atom stereocenters. The van der Waals surface area contributed by atoms with Crippen molar-refractivity contribution >= 4 is 23.1 Å². The lowest BCUT2D eigenvalue weighted by Crippen LogP contribution is -2.11. The van der Waals surface area contributed by atoms with Crippen molar-refractivity contribution in [2.45, 2.75) is 33.1 Å². The molecule has 0 radical (unpaired) electrons. The van der Waals surface area contributed by atoms with Crippen molar-refractivity contribution in [2.75, 3.05) is 0 Å². The predicted molar refractivity (Wildman–Crippen MR) is 84.1 cm³/mol. The van der Waals surface area contributed by atoms with Crippen molar-refractivity contribution in [2.24, 2.45) is 0 Å². The quantitative estimate of drug-likeness (QED) is 0.456. The number of rotatable bonds is 6. The SMILES string of the molecule is CCc1ccccc1OC(=O)CCC(=O)c1ccc(C)s1. The van der Waals surface area contributed by atoms with E-state index in [-0.39, 0.29) is 24.6 Å². The van der Waals surface area contributed by atoms with Gasteiger partial charge in [-0.3, -0.25) is 9.59 Å². The van der Waals surface area contributed by atoms with E-state index >= 15 is 0 Å². The molecule has 2 aromatic rings. The minimum atomic E-state index is -0.363. The summed E-state index contributed by atoms with van der Waals surface area (Å²) in [5.74, 6) is 0.218. The van der Waals surface area contributed by atoms with Gasteiger partial charge in [-0.1, -0.05) is 25.1 Å².